The smallest absolute Gasteiger partial charge is 0.330 e. The number of carbonyl (C=O) groups excluding carboxylic acids is 3. The molecular formula is C20H30N2O4. The number of ether oxygens (including phenoxy) is 1. The molecule has 1 aromatic carbocycles. The molecule has 0 spiro atoms. The molecule has 0 aliphatic rings. The molecule has 0 atom stereocenters. The van der Waals surface area contributed by atoms with Crippen LogP contribution in [0.2, 0.25) is 0 Å². The van der Waals surface area contributed by atoms with E-state index in [4.69, 9.17) is 4.74 Å². The molecule has 0 saturated carbocycles. The Labute approximate surface area is 155 Å². The fourth-order valence-electron chi connectivity index (χ4n) is 2.54. The summed E-state index contributed by atoms with van der Waals surface area (Å²) in [5, 5.41) is 2.69. The zero-order valence-corrected chi connectivity index (χ0v) is 16.4. The number of amides is 2. The highest BCUT2D eigenvalue weighted by Gasteiger charge is 2.30. The molecule has 1 aromatic rings. The molecule has 0 aliphatic heterocycles. The fourth-order valence-corrected chi connectivity index (χ4v) is 2.54. The fraction of sp³-hybridized carbons (Fsp3) is 0.550. The van der Waals surface area contributed by atoms with Gasteiger partial charge in [0.25, 0.3) is 5.91 Å². The maximum Gasteiger partial charge on any atom is 0.330 e. The monoisotopic (exact) mass is 362 g/mol. The van der Waals surface area contributed by atoms with Crippen molar-refractivity contribution in [2.24, 2.45) is 0 Å². The number of esters is 1. The number of nitrogens with zero attached hydrogens (tertiary/aromatic N) is 1. The molecule has 26 heavy (non-hydrogen) atoms. The highest BCUT2D eigenvalue weighted by Crippen LogP contribution is 2.13. The van der Waals surface area contributed by atoms with Gasteiger partial charge >= 0.3 is 5.97 Å². The van der Waals surface area contributed by atoms with E-state index in [9.17, 15) is 14.4 Å². The van der Waals surface area contributed by atoms with Crippen molar-refractivity contribution in [3.8, 4) is 0 Å². The SMILES string of the molecule is COC(=O)C(C)(C)NC(=O)c1cccc(CCCCCC(=O)N(C)C)c1. The molecule has 1 N–H and O–H groups in total. The second kappa shape index (κ2) is 9.94. The van der Waals surface area contributed by atoms with Crippen LogP contribution in [-0.2, 0) is 20.7 Å². The number of hydrogen-bond donors (Lipinski definition) is 1. The second-order valence-corrected chi connectivity index (χ2v) is 7.12. The van der Waals surface area contributed by atoms with Crippen molar-refractivity contribution in [3.63, 3.8) is 0 Å². The van der Waals surface area contributed by atoms with Gasteiger partial charge < -0.3 is 15.0 Å². The molecule has 0 aliphatic carbocycles. The van der Waals surface area contributed by atoms with E-state index in [-0.39, 0.29) is 11.8 Å². The lowest BCUT2D eigenvalue weighted by atomic mass is 10.0. The van der Waals surface area contributed by atoms with Gasteiger partial charge in [0.1, 0.15) is 5.54 Å². The second-order valence-electron chi connectivity index (χ2n) is 7.12. The van der Waals surface area contributed by atoms with E-state index in [2.05, 4.69) is 5.32 Å². The average Bonchev–Trinajstić information content (AvgIpc) is 2.60. The molecule has 0 saturated heterocycles. The first-order valence-corrected chi connectivity index (χ1v) is 8.87. The average molecular weight is 362 g/mol. The topological polar surface area (TPSA) is 75.7 Å². The standard InChI is InChI=1S/C20H30N2O4/c1-20(2,19(25)26-5)21-18(24)16-12-9-11-15(14-16)10-7-6-8-13-17(23)22(3)4/h9,11-12,14H,6-8,10,13H2,1-5H3,(H,21,24). The normalized spacial score (nSPS) is 11.0. The molecular weight excluding hydrogens is 332 g/mol. The number of carbonyl (C=O) groups is 3. The first kappa shape index (κ1) is 21.7. The van der Waals surface area contributed by atoms with Crippen molar-refractivity contribution in [2.75, 3.05) is 21.2 Å². The van der Waals surface area contributed by atoms with Crippen LogP contribution >= 0.6 is 0 Å². The van der Waals surface area contributed by atoms with E-state index in [1.807, 2.05) is 18.2 Å². The predicted molar refractivity (Wildman–Crippen MR) is 101 cm³/mol. The Hall–Kier alpha value is -2.37. The van der Waals surface area contributed by atoms with Gasteiger partial charge in [-0.05, 0) is 50.8 Å². The van der Waals surface area contributed by atoms with Crippen LogP contribution in [0, 0.1) is 0 Å². The van der Waals surface area contributed by atoms with Crippen LogP contribution in [0.25, 0.3) is 0 Å². The summed E-state index contributed by atoms with van der Waals surface area (Å²) in [4.78, 5) is 37.2. The van der Waals surface area contributed by atoms with E-state index in [1.54, 1.807) is 38.9 Å². The van der Waals surface area contributed by atoms with Gasteiger partial charge in [-0.2, -0.15) is 0 Å². The summed E-state index contributed by atoms with van der Waals surface area (Å²) < 4.78 is 4.70. The number of unbranched alkanes of at least 4 members (excludes halogenated alkanes) is 2. The lowest BCUT2D eigenvalue weighted by Gasteiger charge is -2.23. The van der Waals surface area contributed by atoms with Gasteiger partial charge in [0.2, 0.25) is 5.91 Å². The Morgan fingerprint density at radius 1 is 1.12 bits per heavy atom. The molecule has 0 heterocycles. The molecule has 0 radical (unpaired) electrons. The third kappa shape index (κ3) is 6.86. The molecule has 144 valence electrons. The molecule has 0 aromatic heterocycles. The third-order valence-electron chi connectivity index (χ3n) is 4.17. The zero-order valence-electron chi connectivity index (χ0n) is 16.4. The highest BCUT2D eigenvalue weighted by molar-refractivity contribution is 5.98. The Morgan fingerprint density at radius 2 is 1.81 bits per heavy atom. The minimum absolute atomic E-state index is 0.150. The maximum atomic E-state index is 12.4. The number of methoxy groups -OCH3 is 1. The van der Waals surface area contributed by atoms with Crippen molar-refractivity contribution in [1.29, 1.82) is 0 Å². The van der Waals surface area contributed by atoms with E-state index in [0.29, 0.717) is 12.0 Å². The van der Waals surface area contributed by atoms with Crippen LogP contribution < -0.4 is 5.32 Å². The largest absolute Gasteiger partial charge is 0.467 e. The molecule has 1 rings (SSSR count). The van der Waals surface area contributed by atoms with Crippen molar-refractivity contribution < 1.29 is 19.1 Å². The van der Waals surface area contributed by atoms with Gasteiger partial charge in [0, 0.05) is 26.1 Å². The summed E-state index contributed by atoms with van der Waals surface area (Å²) in [6, 6.07) is 7.38. The number of hydrogen-bond acceptors (Lipinski definition) is 4. The lowest BCUT2D eigenvalue weighted by Crippen LogP contribution is -2.50. The summed E-state index contributed by atoms with van der Waals surface area (Å²) in [5.41, 5.74) is 0.496. The summed E-state index contributed by atoms with van der Waals surface area (Å²) >= 11 is 0. The Kier molecular flexibility index (Phi) is 8.29. The first-order chi connectivity index (χ1) is 12.2. The van der Waals surface area contributed by atoms with E-state index in [1.165, 1.54) is 7.11 Å². The maximum absolute atomic E-state index is 12.4. The lowest BCUT2D eigenvalue weighted by molar-refractivity contribution is -0.146. The van der Waals surface area contributed by atoms with Crippen LogP contribution in [0.3, 0.4) is 0 Å². The Bertz CT molecular complexity index is 638. The van der Waals surface area contributed by atoms with Crippen LogP contribution in [0.4, 0.5) is 0 Å². The molecule has 0 unspecified atom stereocenters. The molecule has 2 amide bonds. The van der Waals surface area contributed by atoms with E-state index >= 15 is 0 Å². The molecule has 6 nitrogen and oxygen atoms in total. The zero-order chi connectivity index (χ0) is 19.7. The Balaban J connectivity index is 2.53. The summed E-state index contributed by atoms with van der Waals surface area (Å²) in [5.74, 6) is -0.648. The van der Waals surface area contributed by atoms with Gasteiger partial charge in [-0.1, -0.05) is 18.6 Å². The minimum Gasteiger partial charge on any atom is -0.467 e. The molecule has 0 bridgehead atoms. The van der Waals surface area contributed by atoms with Crippen LogP contribution in [0.5, 0.6) is 0 Å². The van der Waals surface area contributed by atoms with Crippen molar-refractivity contribution in [1.82, 2.24) is 10.2 Å². The van der Waals surface area contributed by atoms with Crippen LogP contribution in [0.15, 0.2) is 24.3 Å². The van der Waals surface area contributed by atoms with Gasteiger partial charge in [0.05, 0.1) is 7.11 Å². The predicted octanol–water partition coefficient (Wildman–Crippen LogP) is 2.56. The first-order valence-electron chi connectivity index (χ1n) is 8.87. The quantitative estimate of drug-likeness (QED) is 0.541. The van der Waals surface area contributed by atoms with Crippen LogP contribution in [-0.4, -0.2) is 49.4 Å². The highest BCUT2D eigenvalue weighted by atomic mass is 16.5. The number of aryl methyl sites for hydroxylation is 1. The van der Waals surface area contributed by atoms with Gasteiger partial charge in [-0.15, -0.1) is 0 Å². The van der Waals surface area contributed by atoms with Gasteiger partial charge in [0.15, 0.2) is 0 Å². The number of rotatable bonds is 9. The van der Waals surface area contributed by atoms with Crippen molar-refractivity contribution in [2.45, 2.75) is 51.5 Å². The number of benzene rings is 1. The third-order valence-corrected chi connectivity index (χ3v) is 4.17. The van der Waals surface area contributed by atoms with Gasteiger partial charge in [-0.3, -0.25) is 9.59 Å². The Morgan fingerprint density at radius 3 is 2.42 bits per heavy atom. The summed E-state index contributed by atoms with van der Waals surface area (Å²) in [6.07, 6.45) is 4.20. The summed E-state index contributed by atoms with van der Waals surface area (Å²) in [7, 11) is 4.82. The summed E-state index contributed by atoms with van der Waals surface area (Å²) in [6.45, 7) is 3.21. The van der Waals surface area contributed by atoms with E-state index < -0.39 is 11.5 Å². The van der Waals surface area contributed by atoms with Crippen LogP contribution in [0.1, 0.15) is 55.5 Å². The molecule has 0 fully saturated rings. The van der Waals surface area contributed by atoms with E-state index in [0.717, 1.165) is 31.2 Å². The van der Waals surface area contributed by atoms with Crippen molar-refractivity contribution in [3.05, 3.63) is 35.4 Å². The van der Waals surface area contributed by atoms with Gasteiger partial charge in [-0.25, -0.2) is 4.79 Å². The molecule has 6 heteroatoms. The minimum atomic E-state index is -1.08. The van der Waals surface area contributed by atoms with Crippen molar-refractivity contribution >= 4 is 17.8 Å². The number of nitrogens with one attached hydrogen (secondary N) is 1.